The molecule has 0 aromatic heterocycles. The molecule has 3 nitrogen and oxygen atoms in total. The van der Waals surface area contributed by atoms with E-state index in [1.165, 1.54) is 22.3 Å². The van der Waals surface area contributed by atoms with E-state index in [2.05, 4.69) is 35.6 Å². The van der Waals surface area contributed by atoms with E-state index in [0.717, 1.165) is 19.0 Å². The number of hydrogen-bond donors (Lipinski definition) is 1. The van der Waals surface area contributed by atoms with Crippen LogP contribution in [-0.4, -0.2) is 14.2 Å². The number of benzene rings is 2. The fraction of sp³-hybridized carbons (Fsp3) is 0.294. The summed E-state index contributed by atoms with van der Waals surface area (Å²) in [5.41, 5.74) is 5.10. The Morgan fingerprint density at radius 3 is 2.40 bits per heavy atom. The number of ether oxygens (including phenoxy) is 2. The predicted molar refractivity (Wildman–Crippen MR) is 78.8 cm³/mol. The maximum absolute atomic E-state index is 5.48. The third-order valence-electron chi connectivity index (χ3n) is 3.82. The van der Waals surface area contributed by atoms with Gasteiger partial charge in [0.25, 0.3) is 0 Å². The van der Waals surface area contributed by atoms with Gasteiger partial charge in [-0.1, -0.05) is 30.3 Å². The summed E-state index contributed by atoms with van der Waals surface area (Å²) in [4.78, 5) is 0. The topological polar surface area (TPSA) is 30.5 Å². The van der Waals surface area contributed by atoms with E-state index in [1.807, 2.05) is 19.2 Å². The summed E-state index contributed by atoms with van der Waals surface area (Å²) >= 11 is 0. The number of nitrogens with one attached hydrogen (secondary N) is 1. The SMILES string of the molecule is CNC(c1ccc(OC)cc1)c1ccc2c(c1)COC2. The second-order valence-electron chi connectivity index (χ2n) is 5.02. The van der Waals surface area contributed by atoms with E-state index < -0.39 is 0 Å². The molecule has 1 N–H and O–H groups in total. The van der Waals surface area contributed by atoms with E-state index in [1.54, 1.807) is 7.11 Å². The number of hydrogen-bond acceptors (Lipinski definition) is 3. The molecule has 0 saturated carbocycles. The van der Waals surface area contributed by atoms with Crippen LogP contribution in [0.25, 0.3) is 0 Å². The molecule has 20 heavy (non-hydrogen) atoms. The highest BCUT2D eigenvalue weighted by Crippen LogP contribution is 2.28. The van der Waals surface area contributed by atoms with Crippen molar-refractivity contribution in [3.63, 3.8) is 0 Å². The van der Waals surface area contributed by atoms with Crippen LogP contribution in [0.5, 0.6) is 5.75 Å². The fourth-order valence-corrected chi connectivity index (χ4v) is 2.69. The summed E-state index contributed by atoms with van der Waals surface area (Å²) in [7, 11) is 3.67. The van der Waals surface area contributed by atoms with Crippen LogP contribution in [0.4, 0.5) is 0 Å². The summed E-state index contributed by atoms with van der Waals surface area (Å²) in [6, 6.07) is 15.0. The summed E-state index contributed by atoms with van der Waals surface area (Å²) in [5, 5.41) is 3.38. The van der Waals surface area contributed by atoms with Gasteiger partial charge in [-0.3, -0.25) is 0 Å². The Morgan fingerprint density at radius 2 is 1.70 bits per heavy atom. The first kappa shape index (κ1) is 13.2. The summed E-state index contributed by atoms with van der Waals surface area (Å²) in [5.74, 6) is 0.881. The molecule has 2 aromatic rings. The Kier molecular flexibility index (Phi) is 3.72. The van der Waals surface area contributed by atoms with Crippen molar-refractivity contribution in [3.8, 4) is 5.75 Å². The monoisotopic (exact) mass is 269 g/mol. The van der Waals surface area contributed by atoms with Gasteiger partial charge < -0.3 is 14.8 Å². The molecule has 1 unspecified atom stereocenters. The molecule has 2 aromatic carbocycles. The molecule has 0 fully saturated rings. The van der Waals surface area contributed by atoms with Crippen molar-refractivity contribution >= 4 is 0 Å². The average molecular weight is 269 g/mol. The van der Waals surface area contributed by atoms with Gasteiger partial charge in [0.05, 0.1) is 26.4 Å². The quantitative estimate of drug-likeness (QED) is 0.925. The van der Waals surface area contributed by atoms with Gasteiger partial charge >= 0.3 is 0 Å². The lowest BCUT2D eigenvalue weighted by Gasteiger charge is -2.18. The first-order valence-electron chi connectivity index (χ1n) is 6.82. The number of methoxy groups -OCH3 is 1. The fourth-order valence-electron chi connectivity index (χ4n) is 2.69. The zero-order valence-corrected chi connectivity index (χ0v) is 11.8. The first-order valence-corrected chi connectivity index (χ1v) is 6.82. The molecule has 0 aliphatic carbocycles. The minimum Gasteiger partial charge on any atom is -0.497 e. The molecule has 3 rings (SSSR count). The zero-order chi connectivity index (χ0) is 13.9. The lowest BCUT2D eigenvalue weighted by atomic mass is 9.96. The molecule has 3 heteroatoms. The van der Waals surface area contributed by atoms with Gasteiger partial charge in [0, 0.05) is 0 Å². The zero-order valence-electron chi connectivity index (χ0n) is 11.8. The molecule has 104 valence electrons. The van der Waals surface area contributed by atoms with Crippen LogP contribution < -0.4 is 10.1 Å². The molecule has 0 amide bonds. The maximum Gasteiger partial charge on any atom is 0.118 e. The van der Waals surface area contributed by atoms with E-state index in [0.29, 0.717) is 0 Å². The number of fused-ring (bicyclic) bond motifs is 1. The second kappa shape index (κ2) is 5.65. The van der Waals surface area contributed by atoms with Gasteiger partial charge in [-0.15, -0.1) is 0 Å². The van der Waals surface area contributed by atoms with Gasteiger partial charge in [0.2, 0.25) is 0 Å². The highest BCUT2D eigenvalue weighted by atomic mass is 16.5. The van der Waals surface area contributed by atoms with Crippen LogP contribution in [0, 0.1) is 0 Å². The molecule has 1 atom stereocenters. The Bertz CT molecular complexity index is 592. The largest absolute Gasteiger partial charge is 0.497 e. The van der Waals surface area contributed by atoms with Crippen LogP contribution >= 0.6 is 0 Å². The molecular weight excluding hydrogens is 250 g/mol. The third-order valence-corrected chi connectivity index (χ3v) is 3.82. The highest BCUT2D eigenvalue weighted by molar-refractivity contribution is 5.40. The van der Waals surface area contributed by atoms with Crippen LogP contribution in [-0.2, 0) is 18.0 Å². The Balaban J connectivity index is 1.92. The van der Waals surface area contributed by atoms with Gasteiger partial charge in [-0.2, -0.15) is 0 Å². The second-order valence-corrected chi connectivity index (χ2v) is 5.02. The van der Waals surface area contributed by atoms with E-state index in [9.17, 15) is 0 Å². The Hall–Kier alpha value is -1.84. The minimum absolute atomic E-state index is 0.187. The molecule has 0 radical (unpaired) electrons. The summed E-state index contributed by atoms with van der Waals surface area (Å²) < 4.78 is 10.7. The minimum atomic E-state index is 0.187. The van der Waals surface area contributed by atoms with Crippen molar-refractivity contribution in [3.05, 3.63) is 64.7 Å². The van der Waals surface area contributed by atoms with Crippen LogP contribution in [0.3, 0.4) is 0 Å². The first-order chi connectivity index (χ1) is 9.81. The van der Waals surface area contributed by atoms with Crippen molar-refractivity contribution in [1.29, 1.82) is 0 Å². The molecule has 1 aliphatic heterocycles. The summed E-state index contributed by atoms with van der Waals surface area (Å²) in [6.45, 7) is 1.46. The molecule has 1 heterocycles. The smallest absolute Gasteiger partial charge is 0.118 e. The van der Waals surface area contributed by atoms with E-state index in [4.69, 9.17) is 9.47 Å². The average Bonchev–Trinajstić information content (AvgIpc) is 2.96. The Labute approximate surface area is 119 Å². The van der Waals surface area contributed by atoms with Gasteiger partial charge in [-0.05, 0) is 41.4 Å². The number of rotatable bonds is 4. The summed E-state index contributed by atoms with van der Waals surface area (Å²) in [6.07, 6.45) is 0. The highest BCUT2D eigenvalue weighted by Gasteiger charge is 2.16. The van der Waals surface area contributed by atoms with E-state index in [-0.39, 0.29) is 6.04 Å². The molecule has 1 aliphatic rings. The van der Waals surface area contributed by atoms with Crippen molar-refractivity contribution in [2.45, 2.75) is 19.3 Å². The van der Waals surface area contributed by atoms with Crippen LogP contribution in [0.2, 0.25) is 0 Å². The lowest BCUT2D eigenvalue weighted by Crippen LogP contribution is -2.17. The normalized spacial score (nSPS) is 14.9. The van der Waals surface area contributed by atoms with Crippen molar-refractivity contribution < 1.29 is 9.47 Å². The standard InChI is InChI=1S/C17H19NO2/c1-18-17(12-5-7-16(19-2)8-6-12)13-3-4-14-10-20-11-15(14)9-13/h3-9,17-18H,10-11H2,1-2H3. The molecule has 0 bridgehead atoms. The molecular formula is C17H19NO2. The van der Waals surface area contributed by atoms with Gasteiger partial charge in [0.15, 0.2) is 0 Å². The van der Waals surface area contributed by atoms with Crippen molar-refractivity contribution in [1.82, 2.24) is 5.32 Å². The predicted octanol–water partition coefficient (Wildman–Crippen LogP) is 3.03. The van der Waals surface area contributed by atoms with Gasteiger partial charge in [-0.25, -0.2) is 0 Å². The third kappa shape index (κ3) is 2.42. The van der Waals surface area contributed by atoms with Crippen molar-refractivity contribution in [2.75, 3.05) is 14.2 Å². The molecule has 0 saturated heterocycles. The van der Waals surface area contributed by atoms with Crippen LogP contribution in [0.1, 0.15) is 28.3 Å². The van der Waals surface area contributed by atoms with Crippen LogP contribution in [0.15, 0.2) is 42.5 Å². The lowest BCUT2D eigenvalue weighted by molar-refractivity contribution is 0.134. The molecule has 0 spiro atoms. The Morgan fingerprint density at radius 1 is 1.00 bits per heavy atom. The maximum atomic E-state index is 5.48. The van der Waals surface area contributed by atoms with Gasteiger partial charge in [0.1, 0.15) is 5.75 Å². The van der Waals surface area contributed by atoms with Crippen molar-refractivity contribution in [2.24, 2.45) is 0 Å². The van der Waals surface area contributed by atoms with E-state index >= 15 is 0 Å².